The maximum Gasteiger partial charge on any atom is 0.194 e. The summed E-state index contributed by atoms with van der Waals surface area (Å²) < 4.78 is 13.3. The van der Waals surface area contributed by atoms with E-state index in [-0.39, 0.29) is 29.3 Å². The Hall–Kier alpha value is -2.62. The molecule has 1 saturated heterocycles. The zero-order valence-electron chi connectivity index (χ0n) is 23.4. The van der Waals surface area contributed by atoms with Gasteiger partial charge in [0.2, 0.25) is 0 Å². The summed E-state index contributed by atoms with van der Waals surface area (Å²) >= 11 is 1.54. The number of anilines is 1. The number of carbonyl (C=O) groups excluding carboxylic acids is 2. The summed E-state index contributed by atoms with van der Waals surface area (Å²) in [6.45, 7) is 3.56. The van der Waals surface area contributed by atoms with Crippen LogP contribution in [0.15, 0.2) is 59.5 Å². The maximum atomic E-state index is 13.7. The predicted molar refractivity (Wildman–Crippen MR) is 155 cm³/mol. The summed E-state index contributed by atoms with van der Waals surface area (Å²) in [5, 5.41) is 24.1. The predicted octanol–water partition coefficient (Wildman–Crippen LogP) is 4.52. The first-order valence-corrected chi connectivity index (χ1v) is 15.5. The number of ether oxygens (including phenoxy) is 2. The van der Waals surface area contributed by atoms with Crippen molar-refractivity contribution in [2.24, 2.45) is 28.6 Å². The monoisotopic (exact) mass is 575 g/mol. The fraction of sp³-hybridized carbons (Fsp3) is 0.515. The van der Waals surface area contributed by atoms with E-state index in [2.05, 4.69) is 25.3 Å². The second-order valence-electron chi connectivity index (χ2n) is 13.1. The van der Waals surface area contributed by atoms with Gasteiger partial charge in [-0.15, -0.1) is 11.3 Å². The Bertz CT molecular complexity index is 1480. The van der Waals surface area contributed by atoms with Gasteiger partial charge in [0.25, 0.3) is 0 Å². The highest BCUT2D eigenvalue weighted by Crippen LogP contribution is 2.70. The number of rotatable bonds is 5. The number of carbonyl (C=O) groups is 2. The molecular weight excluding hydrogens is 538 g/mol. The number of aliphatic hydroxyl groups is 2. The smallest absolute Gasteiger partial charge is 0.194 e. The number of allylic oxidation sites excluding steroid dienone is 4. The molecule has 0 amide bonds. The zero-order valence-corrected chi connectivity index (χ0v) is 24.2. The largest absolute Gasteiger partial charge is 0.399 e. The van der Waals surface area contributed by atoms with Crippen LogP contribution in [0.4, 0.5) is 5.69 Å². The number of hydrogen-bond acceptors (Lipinski definition) is 8. The molecule has 7 rings (SSSR count). The second-order valence-corrected chi connectivity index (χ2v) is 14.1. The van der Waals surface area contributed by atoms with E-state index in [1.54, 1.807) is 23.5 Å². The van der Waals surface area contributed by atoms with Crippen molar-refractivity contribution in [3.05, 3.63) is 75.5 Å². The van der Waals surface area contributed by atoms with Crippen LogP contribution < -0.4 is 5.73 Å². The van der Waals surface area contributed by atoms with Gasteiger partial charge in [-0.05, 0) is 90.8 Å². The molecule has 8 heteroatoms. The summed E-state index contributed by atoms with van der Waals surface area (Å²) in [6, 6.07) is 9.89. The number of thiophene rings is 1. The summed E-state index contributed by atoms with van der Waals surface area (Å²) in [4.78, 5) is 26.8. The minimum absolute atomic E-state index is 0.00596. The van der Waals surface area contributed by atoms with E-state index in [1.807, 2.05) is 30.3 Å². The van der Waals surface area contributed by atoms with Gasteiger partial charge in [0.1, 0.15) is 6.61 Å². The van der Waals surface area contributed by atoms with E-state index in [0.29, 0.717) is 12.8 Å². The molecule has 2 heterocycles. The summed E-state index contributed by atoms with van der Waals surface area (Å²) in [5.74, 6) is -0.221. The van der Waals surface area contributed by atoms with Crippen LogP contribution in [-0.4, -0.2) is 46.2 Å². The Kier molecular flexibility index (Phi) is 6.27. The topological polar surface area (TPSA) is 119 Å². The van der Waals surface area contributed by atoms with Gasteiger partial charge in [-0.3, -0.25) is 9.59 Å². The van der Waals surface area contributed by atoms with Crippen LogP contribution >= 0.6 is 11.3 Å². The number of benzene rings is 1. The van der Waals surface area contributed by atoms with Crippen LogP contribution in [0.25, 0.3) is 0 Å². The quantitative estimate of drug-likeness (QED) is 0.449. The van der Waals surface area contributed by atoms with Gasteiger partial charge in [-0.25, -0.2) is 0 Å². The number of nitrogen functional groups attached to an aromatic ring is 1. The third-order valence-corrected chi connectivity index (χ3v) is 12.1. The molecule has 4 fully saturated rings. The molecule has 0 radical (unpaired) electrons. The molecule has 1 aromatic carbocycles. The van der Waals surface area contributed by atoms with E-state index < -0.39 is 41.5 Å². The van der Waals surface area contributed by atoms with Crippen molar-refractivity contribution in [3.63, 3.8) is 0 Å². The number of nitrogens with two attached hydrogens (primary N) is 1. The van der Waals surface area contributed by atoms with Gasteiger partial charge in [0.05, 0.1) is 17.1 Å². The summed E-state index contributed by atoms with van der Waals surface area (Å²) in [6.07, 6.45) is 6.79. The minimum Gasteiger partial charge on any atom is -0.399 e. The van der Waals surface area contributed by atoms with E-state index in [1.165, 1.54) is 0 Å². The lowest BCUT2D eigenvalue weighted by atomic mass is 9.46. The molecule has 1 unspecified atom stereocenters. The van der Waals surface area contributed by atoms with Crippen molar-refractivity contribution in [2.45, 2.75) is 70.1 Å². The van der Waals surface area contributed by atoms with Crippen molar-refractivity contribution >= 4 is 28.6 Å². The van der Waals surface area contributed by atoms with Gasteiger partial charge in [-0.1, -0.05) is 37.6 Å². The molecule has 1 aromatic heterocycles. The Morgan fingerprint density at radius 2 is 2.05 bits per heavy atom. The Labute approximate surface area is 244 Å². The highest BCUT2D eigenvalue weighted by molar-refractivity contribution is 7.10. The lowest BCUT2D eigenvalue weighted by Gasteiger charge is -2.59. The van der Waals surface area contributed by atoms with Gasteiger partial charge < -0.3 is 25.4 Å². The van der Waals surface area contributed by atoms with Crippen molar-refractivity contribution in [1.29, 1.82) is 0 Å². The third-order valence-electron chi connectivity index (χ3n) is 11.1. The van der Waals surface area contributed by atoms with Crippen LogP contribution in [0, 0.1) is 28.6 Å². The standard InChI is InChI=1S/C33H37NO6S/c1-31-9-8-22(36)13-20(31)6-7-23-24-14-28-33(27(38)16-35,32(24,2)15-25(37)29(23)31)40-30(39-28)26-12-19(17-41-26)10-18-4-3-5-21(34)11-18/h3-5,8-9,11-13,17,23-25,28-30,35,37H,6-7,10,14-16,34H2,1-2H3/t23?,24-,25-,28+,29+,30-,31-,32-,33+/m0/s1. The number of ketones is 2. The second kappa shape index (κ2) is 9.44. The van der Waals surface area contributed by atoms with Gasteiger partial charge in [-0.2, -0.15) is 0 Å². The van der Waals surface area contributed by atoms with E-state index in [4.69, 9.17) is 15.2 Å². The zero-order chi connectivity index (χ0) is 28.7. The van der Waals surface area contributed by atoms with E-state index >= 15 is 0 Å². The van der Waals surface area contributed by atoms with Gasteiger partial charge in [0.15, 0.2) is 23.5 Å². The summed E-state index contributed by atoms with van der Waals surface area (Å²) in [7, 11) is 0. The van der Waals surface area contributed by atoms with Crippen LogP contribution in [0.5, 0.6) is 0 Å². The van der Waals surface area contributed by atoms with E-state index in [9.17, 15) is 19.8 Å². The highest BCUT2D eigenvalue weighted by Gasteiger charge is 2.76. The van der Waals surface area contributed by atoms with Crippen molar-refractivity contribution in [2.75, 3.05) is 12.3 Å². The lowest BCUT2D eigenvalue weighted by Crippen LogP contribution is -2.63. The molecule has 4 N–H and O–H groups in total. The lowest BCUT2D eigenvalue weighted by molar-refractivity contribution is -0.200. The van der Waals surface area contributed by atoms with Crippen LogP contribution in [0.2, 0.25) is 0 Å². The van der Waals surface area contributed by atoms with Crippen LogP contribution in [0.3, 0.4) is 0 Å². The minimum atomic E-state index is -1.34. The van der Waals surface area contributed by atoms with Crippen LogP contribution in [-0.2, 0) is 25.5 Å². The van der Waals surface area contributed by atoms with Gasteiger partial charge in [0, 0.05) is 22.4 Å². The van der Waals surface area contributed by atoms with Crippen molar-refractivity contribution < 1.29 is 29.3 Å². The molecule has 5 aliphatic rings. The first-order chi connectivity index (χ1) is 19.6. The Morgan fingerprint density at radius 1 is 1.22 bits per heavy atom. The highest BCUT2D eigenvalue weighted by atomic mass is 32.1. The first kappa shape index (κ1) is 27.2. The molecule has 0 spiro atoms. The molecule has 0 bridgehead atoms. The number of Topliss-reactive ketones (excluding diaryl/α,β-unsaturated/α-hetero) is 1. The average Bonchev–Trinajstić information content (AvgIpc) is 3.61. The Balaban J connectivity index is 1.19. The van der Waals surface area contributed by atoms with Crippen molar-refractivity contribution in [1.82, 2.24) is 0 Å². The molecule has 7 nitrogen and oxygen atoms in total. The molecule has 2 aromatic rings. The SMILES string of the molecule is C[C@]12C=CC(=O)C=C1CCC1[C@@H]2[C@@H](O)C[C@@]2(C)[C@H]1C[C@H]1O[C@H](c3cc(Cc4cccc(N)c4)cs3)O[C@]12C(=O)CO. The third kappa shape index (κ3) is 3.84. The molecule has 216 valence electrons. The molecule has 9 atom stereocenters. The fourth-order valence-corrected chi connectivity index (χ4v) is 10.2. The van der Waals surface area contributed by atoms with Gasteiger partial charge >= 0.3 is 0 Å². The maximum absolute atomic E-state index is 13.7. The fourth-order valence-electron chi connectivity index (χ4n) is 9.36. The van der Waals surface area contributed by atoms with E-state index in [0.717, 1.165) is 46.5 Å². The molecule has 3 saturated carbocycles. The number of fused-ring (bicyclic) bond motifs is 7. The number of aliphatic hydroxyl groups excluding tert-OH is 2. The summed E-state index contributed by atoms with van der Waals surface area (Å²) in [5.41, 5.74) is 7.56. The molecular formula is C33H37NO6S. The van der Waals surface area contributed by atoms with Crippen molar-refractivity contribution in [3.8, 4) is 0 Å². The average molecular weight is 576 g/mol. The Morgan fingerprint density at radius 3 is 2.83 bits per heavy atom. The number of hydrogen-bond donors (Lipinski definition) is 3. The normalized spacial score (nSPS) is 40.9. The molecule has 41 heavy (non-hydrogen) atoms. The molecule has 4 aliphatic carbocycles. The first-order valence-electron chi connectivity index (χ1n) is 14.6. The van der Waals surface area contributed by atoms with Crippen LogP contribution in [0.1, 0.15) is 61.8 Å². The molecule has 1 aliphatic heterocycles.